The first-order valence-electron chi connectivity index (χ1n) is 11.6. The third-order valence-electron chi connectivity index (χ3n) is 5.80. The number of rotatable bonds is 6. The fraction of sp³-hybridized carbons (Fsp3) is 0.308. The molecule has 180 valence electrons. The molecule has 0 spiro atoms. The van der Waals surface area contributed by atoms with Gasteiger partial charge in [-0.25, -0.2) is 9.97 Å². The van der Waals surface area contributed by atoms with Gasteiger partial charge in [-0.2, -0.15) is 0 Å². The molecule has 8 nitrogen and oxygen atoms in total. The molecule has 0 aliphatic carbocycles. The lowest BCUT2D eigenvalue weighted by Gasteiger charge is -2.29. The largest absolute Gasteiger partial charge is 0.485 e. The molecule has 2 saturated heterocycles. The molecule has 0 radical (unpaired) electrons. The van der Waals surface area contributed by atoms with Crippen LogP contribution in [-0.4, -0.2) is 55.6 Å². The van der Waals surface area contributed by atoms with E-state index in [-0.39, 0.29) is 12.4 Å². The Bertz CT molecular complexity index is 1290. The van der Waals surface area contributed by atoms with E-state index in [1.807, 2.05) is 66.9 Å². The van der Waals surface area contributed by atoms with Crippen molar-refractivity contribution in [2.45, 2.75) is 12.4 Å². The number of aromatic nitrogens is 2. The quantitative estimate of drug-likeness (QED) is 0.381. The predicted octanol–water partition coefficient (Wildman–Crippen LogP) is 4.78. The Hall–Kier alpha value is -3.24. The van der Waals surface area contributed by atoms with Crippen LogP contribution in [0.3, 0.4) is 0 Å². The number of anilines is 1. The second-order valence-corrected chi connectivity index (χ2v) is 9.35. The summed E-state index contributed by atoms with van der Waals surface area (Å²) in [5.41, 5.74) is 2.45. The first-order valence-corrected chi connectivity index (χ1v) is 12.4. The van der Waals surface area contributed by atoms with Crippen molar-refractivity contribution < 1.29 is 23.4 Å². The minimum atomic E-state index is -0.356. The van der Waals surface area contributed by atoms with E-state index in [0.29, 0.717) is 30.4 Å². The molecule has 0 atom stereocenters. The number of ether oxygens (including phenoxy) is 4. The van der Waals surface area contributed by atoms with Gasteiger partial charge in [0.25, 0.3) is 0 Å². The van der Waals surface area contributed by atoms with E-state index in [0.717, 1.165) is 47.4 Å². The summed E-state index contributed by atoms with van der Waals surface area (Å²) < 4.78 is 29.1. The Morgan fingerprint density at radius 1 is 1.00 bits per heavy atom. The van der Waals surface area contributed by atoms with Crippen LogP contribution < -0.4 is 9.64 Å². The minimum Gasteiger partial charge on any atom is -0.485 e. The SMILES string of the molecule is C(=C\c1cnc(N2CCOCC2)s1)/c1nc2ccc(O[C@H]3CO[C@H](c4ccccc4)OC3)cc2o1. The van der Waals surface area contributed by atoms with Gasteiger partial charge in [0, 0.05) is 41.9 Å². The van der Waals surface area contributed by atoms with Crippen molar-refractivity contribution in [1.29, 1.82) is 0 Å². The van der Waals surface area contributed by atoms with Crippen LogP contribution in [0.15, 0.2) is 59.1 Å². The van der Waals surface area contributed by atoms with Crippen molar-refractivity contribution >= 4 is 39.7 Å². The van der Waals surface area contributed by atoms with E-state index in [9.17, 15) is 0 Å². The second-order valence-electron chi connectivity index (χ2n) is 8.31. The Kier molecular flexibility index (Phi) is 6.46. The molecule has 2 fully saturated rings. The summed E-state index contributed by atoms with van der Waals surface area (Å²) >= 11 is 1.65. The molecule has 0 bridgehead atoms. The first-order chi connectivity index (χ1) is 17.3. The number of hydrogen-bond donors (Lipinski definition) is 0. The molecule has 2 aromatic heterocycles. The number of nitrogens with zero attached hydrogens (tertiary/aromatic N) is 3. The van der Waals surface area contributed by atoms with Crippen LogP contribution in [0.1, 0.15) is 22.6 Å². The monoisotopic (exact) mass is 491 g/mol. The van der Waals surface area contributed by atoms with Gasteiger partial charge in [0.05, 0.1) is 26.4 Å². The molecule has 0 N–H and O–H groups in total. The molecule has 4 aromatic rings. The lowest BCUT2D eigenvalue weighted by Crippen LogP contribution is -2.36. The maximum absolute atomic E-state index is 6.07. The number of benzene rings is 2. The van der Waals surface area contributed by atoms with Gasteiger partial charge in [0.15, 0.2) is 17.0 Å². The Balaban J connectivity index is 1.07. The maximum atomic E-state index is 6.07. The van der Waals surface area contributed by atoms with Crippen molar-refractivity contribution in [2.75, 3.05) is 44.4 Å². The molecule has 6 rings (SSSR count). The zero-order valence-electron chi connectivity index (χ0n) is 19.0. The number of fused-ring (bicyclic) bond motifs is 1. The Morgan fingerprint density at radius 3 is 2.66 bits per heavy atom. The van der Waals surface area contributed by atoms with Gasteiger partial charge in [0.2, 0.25) is 5.89 Å². The molecule has 0 amide bonds. The zero-order valence-corrected chi connectivity index (χ0v) is 19.9. The zero-order chi connectivity index (χ0) is 23.5. The van der Waals surface area contributed by atoms with Crippen LogP contribution in [-0.2, 0) is 14.2 Å². The van der Waals surface area contributed by atoms with Crippen LogP contribution in [0.5, 0.6) is 5.75 Å². The highest BCUT2D eigenvalue weighted by atomic mass is 32.1. The minimum absolute atomic E-state index is 0.193. The van der Waals surface area contributed by atoms with Crippen molar-refractivity contribution in [1.82, 2.24) is 9.97 Å². The van der Waals surface area contributed by atoms with Crippen molar-refractivity contribution in [3.05, 3.63) is 71.1 Å². The summed E-state index contributed by atoms with van der Waals surface area (Å²) in [6.07, 6.45) is 5.16. The third kappa shape index (κ3) is 5.23. The highest BCUT2D eigenvalue weighted by Gasteiger charge is 2.25. The van der Waals surface area contributed by atoms with Gasteiger partial charge in [-0.15, -0.1) is 0 Å². The maximum Gasteiger partial charge on any atom is 0.220 e. The molecular formula is C26H25N3O5S. The van der Waals surface area contributed by atoms with E-state index in [1.165, 1.54) is 0 Å². The molecule has 9 heteroatoms. The summed E-state index contributed by atoms with van der Waals surface area (Å²) in [6.45, 7) is 4.13. The normalized spacial score (nSPS) is 21.1. The van der Waals surface area contributed by atoms with Gasteiger partial charge in [-0.1, -0.05) is 41.7 Å². The lowest BCUT2D eigenvalue weighted by atomic mass is 10.2. The highest BCUT2D eigenvalue weighted by Crippen LogP contribution is 2.28. The summed E-state index contributed by atoms with van der Waals surface area (Å²) in [7, 11) is 0. The van der Waals surface area contributed by atoms with Gasteiger partial charge in [-0.05, 0) is 18.2 Å². The number of hydrogen-bond acceptors (Lipinski definition) is 9. The Labute approximate surface area is 206 Å². The summed E-state index contributed by atoms with van der Waals surface area (Å²) in [6, 6.07) is 15.5. The fourth-order valence-corrected chi connectivity index (χ4v) is 4.89. The molecule has 2 aliphatic rings. The molecule has 4 heterocycles. The van der Waals surface area contributed by atoms with Crippen LogP contribution in [0.4, 0.5) is 5.13 Å². The summed E-state index contributed by atoms with van der Waals surface area (Å²) in [5, 5.41) is 1.01. The van der Waals surface area contributed by atoms with Crippen molar-refractivity contribution in [2.24, 2.45) is 0 Å². The van der Waals surface area contributed by atoms with Gasteiger partial charge < -0.3 is 28.3 Å². The fourth-order valence-electron chi connectivity index (χ4n) is 4.02. The molecule has 0 unspecified atom stereocenters. The molecule has 0 saturated carbocycles. The first kappa shape index (κ1) is 22.2. The molecular weight excluding hydrogens is 466 g/mol. The number of morpholine rings is 1. The topological polar surface area (TPSA) is 79.1 Å². The van der Waals surface area contributed by atoms with Gasteiger partial charge in [0.1, 0.15) is 17.4 Å². The summed E-state index contributed by atoms with van der Waals surface area (Å²) in [4.78, 5) is 12.4. The van der Waals surface area contributed by atoms with E-state index >= 15 is 0 Å². The van der Waals surface area contributed by atoms with Crippen molar-refractivity contribution in [3.63, 3.8) is 0 Å². The molecule has 2 aliphatic heterocycles. The summed E-state index contributed by atoms with van der Waals surface area (Å²) in [5.74, 6) is 1.23. The standard InChI is InChI=1S/C26H25N3O5S/c1-2-4-18(5-3-1)25-31-16-20(17-32-25)33-19-6-8-22-23(14-19)34-24(28-22)9-7-21-15-27-26(35-21)29-10-12-30-13-11-29/h1-9,14-15,20,25H,10-13,16-17H2/b9-7+/t20-,25-. The van der Waals surface area contributed by atoms with Gasteiger partial charge in [-0.3, -0.25) is 0 Å². The van der Waals surface area contributed by atoms with Gasteiger partial charge >= 0.3 is 0 Å². The van der Waals surface area contributed by atoms with E-state index in [2.05, 4.69) is 14.9 Å². The van der Waals surface area contributed by atoms with E-state index in [4.69, 9.17) is 23.4 Å². The van der Waals surface area contributed by atoms with Crippen LogP contribution in [0, 0.1) is 0 Å². The second kappa shape index (κ2) is 10.2. The number of thiazole rings is 1. The third-order valence-corrected chi connectivity index (χ3v) is 6.82. The van der Waals surface area contributed by atoms with Crippen molar-refractivity contribution in [3.8, 4) is 5.75 Å². The predicted molar refractivity (Wildman–Crippen MR) is 134 cm³/mol. The molecule has 2 aromatic carbocycles. The molecule has 35 heavy (non-hydrogen) atoms. The highest BCUT2D eigenvalue weighted by molar-refractivity contribution is 7.16. The number of oxazole rings is 1. The van der Waals surface area contributed by atoms with Crippen LogP contribution in [0.25, 0.3) is 23.3 Å². The average molecular weight is 492 g/mol. The smallest absolute Gasteiger partial charge is 0.220 e. The van der Waals surface area contributed by atoms with E-state index in [1.54, 1.807) is 11.3 Å². The van der Waals surface area contributed by atoms with Crippen LogP contribution in [0.2, 0.25) is 0 Å². The van der Waals surface area contributed by atoms with Crippen LogP contribution >= 0.6 is 11.3 Å². The van der Waals surface area contributed by atoms with E-state index < -0.39 is 0 Å². The lowest BCUT2D eigenvalue weighted by molar-refractivity contribution is -0.215. The Morgan fingerprint density at radius 2 is 1.83 bits per heavy atom. The average Bonchev–Trinajstić information content (AvgIpc) is 3.56.